The monoisotopic (exact) mass is 197 g/mol. The number of rotatable bonds is 0. The summed E-state index contributed by atoms with van der Waals surface area (Å²) in [6.07, 6.45) is 7.34. The van der Waals surface area contributed by atoms with Crippen molar-refractivity contribution in [3.8, 4) is 0 Å². The van der Waals surface area contributed by atoms with Crippen LogP contribution in [-0.4, -0.2) is 10.8 Å². The van der Waals surface area contributed by atoms with E-state index in [0.29, 0.717) is 0 Å². The van der Waals surface area contributed by atoms with Crippen LogP contribution in [0.2, 0.25) is 0 Å². The zero-order valence-electron chi connectivity index (χ0n) is 8.14. The number of aliphatic hydroxyl groups is 1. The van der Waals surface area contributed by atoms with Crippen molar-refractivity contribution >= 4 is 11.6 Å². The van der Waals surface area contributed by atoms with Gasteiger partial charge in [-0.2, -0.15) is 0 Å². The molecule has 3 N–H and O–H groups in total. The van der Waals surface area contributed by atoms with Crippen LogP contribution < -0.4 is 5.73 Å². The van der Waals surface area contributed by atoms with Crippen molar-refractivity contribution in [2.45, 2.75) is 5.72 Å². The van der Waals surface area contributed by atoms with Gasteiger partial charge < -0.3 is 5.11 Å². The standard InChI is InChI=1S/C13H11NO/c14-13(15)7-3-6-11-10-5-2-1-4-9(10)8-12(11)13/h1-8,15H,14H2. The minimum absolute atomic E-state index is 0.784. The van der Waals surface area contributed by atoms with Crippen LogP contribution in [0.5, 0.6) is 0 Å². The van der Waals surface area contributed by atoms with Crippen LogP contribution in [0.3, 0.4) is 0 Å². The third-order valence-electron chi connectivity index (χ3n) is 2.89. The van der Waals surface area contributed by atoms with Crippen molar-refractivity contribution in [2.24, 2.45) is 5.73 Å². The Bertz CT molecular complexity index is 521. The van der Waals surface area contributed by atoms with Crippen molar-refractivity contribution in [1.82, 2.24) is 0 Å². The molecular formula is C13H11NO. The zero-order chi connectivity index (χ0) is 10.5. The second-order valence-electron chi connectivity index (χ2n) is 3.91. The second-order valence-corrected chi connectivity index (χ2v) is 3.91. The Balaban J connectivity index is 2.25. The van der Waals surface area contributed by atoms with Gasteiger partial charge in [0.1, 0.15) is 0 Å². The van der Waals surface area contributed by atoms with Crippen LogP contribution in [0.15, 0.2) is 48.1 Å². The van der Waals surface area contributed by atoms with Crippen molar-refractivity contribution in [2.75, 3.05) is 0 Å². The first kappa shape index (κ1) is 8.65. The lowest BCUT2D eigenvalue weighted by Crippen LogP contribution is -2.40. The molecule has 1 aromatic rings. The molecule has 15 heavy (non-hydrogen) atoms. The molecular weight excluding hydrogens is 186 g/mol. The van der Waals surface area contributed by atoms with Gasteiger partial charge in [-0.15, -0.1) is 0 Å². The highest BCUT2D eigenvalue weighted by molar-refractivity contribution is 5.97. The van der Waals surface area contributed by atoms with E-state index in [1.165, 1.54) is 0 Å². The molecule has 1 unspecified atom stereocenters. The Kier molecular flexibility index (Phi) is 1.55. The third-order valence-corrected chi connectivity index (χ3v) is 2.89. The van der Waals surface area contributed by atoms with Gasteiger partial charge in [-0.05, 0) is 28.9 Å². The topological polar surface area (TPSA) is 46.2 Å². The van der Waals surface area contributed by atoms with Gasteiger partial charge in [-0.25, -0.2) is 0 Å². The fourth-order valence-corrected chi connectivity index (χ4v) is 2.14. The molecule has 0 bridgehead atoms. The molecule has 0 fully saturated rings. The van der Waals surface area contributed by atoms with Gasteiger partial charge in [-0.3, -0.25) is 5.73 Å². The molecule has 0 heterocycles. The lowest BCUT2D eigenvalue weighted by molar-refractivity contribution is 0.143. The molecule has 2 nitrogen and oxygen atoms in total. The summed E-state index contributed by atoms with van der Waals surface area (Å²) < 4.78 is 0. The first-order chi connectivity index (χ1) is 7.18. The van der Waals surface area contributed by atoms with Crippen LogP contribution in [0.1, 0.15) is 11.1 Å². The predicted octanol–water partition coefficient (Wildman–Crippen LogP) is 1.68. The smallest absolute Gasteiger partial charge is 0.159 e. The first-order valence-electron chi connectivity index (χ1n) is 4.91. The Morgan fingerprint density at radius 2 is 2.00 bits per heavy atom. The molecule has 0 saturated heterocycles. The zero-order valence-corrected chi connectivity index (χ0v) is 8.14. The van der Waals surface area contributed by atoms with Gasteiger partial charge in [-0.1, -0.05) is 36.4 Å². The molecule has 1 atom stereocenters. The highest BCUT2D eigenvalue weighted by atomic mass is 16.3. The molecule has 2 aliphatic rings. The van der Waals surface area contributed by atoms with Crippen LogP contribution in [0.25, 0.3) is 11.6 Å². The lowest BCUT2D eigenvalue weighted by atomic mass is 9.91. The third kappa shape index (κ3) is 1.12. The minimum Gasteiger partial charge on any atom is -0.368 e. The second kappa shape index (κ2) is 2.69. The summed E-state index contributed by atoms with van der Waals surface area (Å²) >= 11 is 0. The van der Waals surface area contributed by atoms with E-state index in [-0.39, 0.29) is 0 Å². The van der Waals surface area contributed by atoms with E-state index < -0.39 is 5.72 Å². The van der Waals surface area contributed by atoms with E-state index in [1.54, 1.807) is 12.2 Å². The van der Waals surface area contributed by atoms with Crippen LogP contribution >= 0.6 is 0 Å². The number of hydrogen-bond donors (Lipinski definition) is 2. The predicted molar refractivity (Wildman–Crippen MR) is 60.7 cm³/mol. The summed E-state index contributed by atoms with van der Waals surface area (Å²) in [6, 6.07) is 8.04. The molecule has 0 saturated carbocycles. The van der Waals surface area contributed by atoms with Crippen LogP contribution in [-0.2, 0) is 0 Å². The molecule has 3 rings (SSSR count). The highest BCUT2D eigenvalue weighted by Gasteiger charge is 2.32. The summed E-state index contributed by atoms with van der Waals surface area (Å²) in [5.41, 5.74) is 8.54. The van der Waals surface area contributed by atoms with Gasteiger partial charge in [0.2, 0.25) is 0 Å². The molecule has 74 valence electrons. The van der Waals surface area contributed by atoms with Gasteiger partial charge >= 0.3 is 0 Å². The Morgan fingerprint density at radius 3 is 2.87 bits per heavy atom. The Hall–Kier alpha value is -1.64. The Labute approximate surface area is 88.0 Å². The van der Waals surface area contributed by atoms with E-state index >= 15 is 0 Å². The number of allylic oxidation sites excluding steroid dienone is 2. The van der Waals surface area contributed by atoms with Gasteiger partial charge in [0.25, 0.3) is 0 Å². The van der Waals surface area contributed by atoms with Crippen molar-refractivity contribution < 1.29 is 5.11 Å². The average molecular weight is 197 g/mol. The van der Waals surface area contributed by atoms with Gasteiger partial charge in [0.15, 0.2) is 5.72 Å². The van der Waals surface area contributed by atoms with Crippen molar-refractivity contribution in [3.63, 3.8) is 0 Å². The van der Waals surface area contributed by atoms with E-state index in [9.17, 15) is 5.11 Å². The summed E-state index contributed by atoms with van der Waals surface area (Å²) in [5.74, 6) is 0. The van der Waals surface area contributed by atoms with E-state index in [2.05, 4.69) is 0 Å². The van der Waals surface area contributed by atoms with Crippen LogP contribution in [0.4, 0.5) is 0 Å². The highest BCUT2D eigenvalue weighted by Crippen LogP contribution is 2.41. The molecule has 0 aromatic heterocycles. The first-order valence-corrected chi connectivity index (χ1v) is 4.91. The molecule has 0 amide bonds. The molecule has 0 aliphatic heterocycles. The number of fused-ring (bicyclic) bond motifs is 3. The summed E-state index contributed by atoms with van der Waals surface area (Å²) in [5, 5.41) is 10.00. The molecule has 2 aliphatic carbocycles. The maximum absolute atomic E-state index is 10.00. The molecule has 2 heteroatoms. The minimum atomic E-state index is -1.33. The average Bonchev–Trinajstić information content (AvgIpc) is 2.58. The maximum atomic E-state index is 10.00. The SMILES string of the molecule is NC1(O)C=CC=C2C1=Cc1ccccc12. The number of hydrogen-bond acceptors (Lipinski definition) is 2. The van der Waals surface area contributed by atoms with Crippen LogP contribution in [0, 0.1) is 0 Å². The van der Waals surface area contributed by atoms with Crippen molar-refractivity contribution in [3.05, 3.63) is 59.2 Å². The number of nitrogens with two attached hydrogens (primary N) is 1. The van der Waals surface area contributed by atoms with Crippen molar-refractivity contribution in [1.29, 1.82) is 0 Å². The molecule has 0 spiro atoms. The fourth-order valence-electron chi connectivity index (χ4n) is 2.14. The normalized spacial score (nSPS) is 26.8. The fraction of sp³-hybridized carbons (Fsp3) is 0.0769. The van der Waals surface area contributed by atoms with E-state index in [1.807, 2.05) is 36.4 Å². The largest absolute Gasteiger partial charge is 0.368 e. The van der Waals surface area contributed by atoms with Gasteiger partial charge in [0.05, 0.1) is 0 Å². The quantitative estimate of drug-likeness (QED) is 0.622. The summed E-state index contributed by atoms with van der Waals surface area (Å²) in [4.78, 5) is 0. The molecule has 1 aromatic carbocycles. The summed E-state index contributed by atoms with van der Waals surface area (Å²) in [6.45, 7) is 0. The lowest BCUT2D eigenvalue weighted by Gasteiger charge is -2.24. The van der Waals surface area contributed by atoms with E-state index in [0.717, 1.165) is 22.3 Å². The summed E-state index contributed by atoms with van der Waals surface area (Å²) in [7, 11) is 0. The molecule has 0 radical (unpaired) electrons. The van der Waals surface area contributed by atoms with E-state index in [4.69, 9.17) is 5.73 Å². The Morgan fingerprint density at radius 1 is 1.20 bits per heavy atom. The van der Waals surface area contributed by atoms with Gasteiger partial charge in [0, 0.05) is 5.57 Å². The number of benzene rings is 1. The maximum Gasteiger partial charge on any atom is 0.159 e.